The van der Waals surface area contributed by atoms with E-state index in [0.717, 1.165) is 0 Å². The van der Waals surface area contributed by atoms with Crippen LogP contribution < -0.4 is 5.73 Å². The van der Waals surface area contributed by atoms with Gasteiger partial charge in [0.15, 0.2) is 0 Å². The number of benzene rings is 1. The number of rotatable bonds is 5. The van der Waals surface area contributed by atoms with E-state index in [1.807, 2.05) is 0 Å². The Morgan fingerprint density at radius 1 is 1.32 bits per heavy atom. The Hall–Kier alpha value is -1.28. The van der Waals surface area contributed by atoms with Crippen molar-refractivity contribution in [3.8, 4) is 0 Å². The Balaban J connectivity index is 2.33. The van der Waals surface area contributed by atoms with Crippen molar-refractivity contribution in [2.45, 2.75) is 6.18 Å². The van der Waals surface area contributed by atoms with Gasteiger partial charge in [-0.3, -0.25) is 0 Å². The molecule has 0 heterocycles. The highest BCUT2D eigenvalue weighted by molar-refractivity contribution is 9.10. The molecule has 0 fully saturated rings. The predicted octanol–water partition coefficient (Wildman–Crippen LogP) is 2.77. The van der Waals surface area contributed by atoms with Crippen LogP contribution in [0.25, 0.3) is 0 Å². The fourth-order valence-corrected chi connectivity index (χ4v) is 1.38. The minimum atomic E-state index is -4.38. The summed E-state index contributed by atoms with van der Waals surface area (Å²) in [6.07, 6.45) is -4.38. The molecule has 0 aliphatic carbocycles. The first kappa shape index (κ1) is 15.8. The Morgan fingerprint density at radius 3 is 2.58 bits per heavy atom. The Labute approximate surface area is 115 Å². The van der Waals surface area contributed by atoms with Crippen LogP contribution >= 0.6 is 15.9 Å². The third-order valence-electron chi connectivity index (χ3n) is 1.96. The van der Waals surface area contributed by atoms with Crippen molar-refractivity contribution in [2.75, 3.05) is 25.6 Å². The largest absolute Gasteiger partial charge is 0.460 e. The number of ether oxygens (including phenoxy) is 2. The van der Waals surface area contributed by atoms with Gasteiger partial charge in [-0.25, -0.2) is 4.79 Å². The molecule has 0 saturated carbocycles. The molecule has 2 N–H and O–H groups in total. The SMILES string of the molecule is Nc1cc(C(=O)OCCOCC(F)(F)F)ccc1Br. The fraction of sp³-hybridized carbons (Fsp3) is 0.364. The van der Waals surface area contributed by atoms with Gasteiger partial charge in [0.05, 0.1) is 12.2 Å². The summed E-state index contributed by atoms with van der Waals surface area (Å²) in [5.41, 5.74) is 6.16. The highest BCUT2D eigenvalue weighted by atomic mass is 79.9. The highest BCUT2D eigenvalue weighted by Gasteiger charge is 2.27. The molecule has 4 nitrogen and oxygen atoms in total. The second-order valence-electron chi connectivity index (χ2n) is 3.54. The maximum Gasteiger partial charge on any atom is 0.411 e. The van der Waals surface area contributed by atoms with Gasteiger partial charge in [0, 0.05) is 10.2 Å². The summed E-state index contributed by atoms with van der Waals surface area (Å²) in [5, 5.41) is 0. The Kier molecular flexibility index (Phi) is 5.61. The van der Waals surface area contributed by atoms with E-state index in [2.05, 4.69) is 20.7 Å². The summed E-state index contributed by atoms with van der Waals surface area (Å²) in [6.45, 7) is -1.95. The van der Waals surface area contributed by atoms with E-state index in [0.29, 0.717) is 10.2 Å². The first-order chi connectivity index (χ1) is 8.79. The smallest absolute Gasteiger partial charge is 0.411 e. The molecule has 0 amide bonds. The second kappa shape index (κ2) is 6.76. The number of carbonyl (C=O) groups is 1. The summed E-state index contributed by atoms with van der Waals surface area (Å²) in [5.74, 6) is -0.671. The predicted molar refractivity (Wildman–Crippen MR) is 65.7 cm³/mol. The zero-order valence-corrected chi connectivity index (χ0v) is 11.3. The number of nitrogens with two attached hydrogens (primary N) is 1. The number of hydrogen-bond donors (Lipinski definition) is 1. The summed E-state index contributed by atoms with van der Waals surface area (Å²) < 4.78 is 44.9. The van der Waals surface area contributed by atoms with E-state index in [1.165, 1.54) is 12.1 Å². The van der Waals surface area contributed by atoms with E-state index in [4.69, 9.17) is 10.5 Å². The average Bonchev–Trinajstić information content (AvgIpc) is 2.30. The van der Waals surface area contributed by atoms with Crippen LogP contribution in [0.15, 0.2) is 22.7 Å². The van der Waals surface area contributed by atoms with E-state index >= 15 is 0 Å². The maximum absolute atomic E-state index is 11.7. The van der Waals surface area contributed by atoms with Crippen LogP contribution in [0.3, 0.4) is 0 Å². The van der Waals surface area contributed by atoms with Crippen molar-refractivity contribution >= 4 is 27.6 Å². The van der Waals surface area contributed by atoms with Gasteiger partial charge >= 0.3 is 12.1 Å². The van der Waals surface area contributed by atoms with Gasteiger partial charge in [0.2, 0.25) is 0 Å². The van der Waals surface area contributed by atoms with E-state index in [-0.39, 0.29) is 18.8 Å². The summed E-state index contributed by atoms with van der Waals surface area (Å²) in [6, 6.07) is 4.47. The molecule has 0 unspecified atom stereocenters. The molecule has 0 saturated heterocycles. The van der Waals surface area contributed by atoms with Crippen LogP contribution in [-0.4, -0.2) is 32.0 Å². The van der Waals surface area contributed by atoms with Gasteiger partial charge in [-0.1, -0.05) is 0 Å². The lowest BCUT2D eigenvalue weighted by molar-refractivity contribution is -0.175. The van der Waals surface area contributed by atoms with Gasteiger partial charge < -0.3 is 15.2 Å². The number of carbonyl (C=O) groups excluding carboxylic acids is 1. The van der Waals surface area contributed by atoms with Gasteiger partial charge in [0.1, 0.15) is 13.2 Å². The number of halogens is 4. The average molecular weight is 342 g/mol. The molecule has 106 valence electrons. The minimum Gasteiger partial charge on any atom is -0.460 e. The molecular weight excluding hydrogens is 331 g/mol. The molecule has 0 atom stereocenters. The topological polar surface area (TPSA) is 61.6 Å². The fourth-order valence-electron chi connectivity index (χ4n) is 1.14. The molecule has 0 bridgehead atoms. The van der Waals surface area contributed by atoms with Gasteiger partial charge in [-0.05, 0) is 34.1 Å². The Bertz CT molecular complexity index is 451. The first-order valence-corrected chi connectivity index (χ1v) is 5.95. The molecule has 0 aliphatic rings. The van der Waals surface area contributed by atoms with E-state index in [1.54, 1.807) is 6.07 Å². The summed E-state index contributed by atoms with van der Waals surface area (Å²) in [7, 11) is 0. The molecule has 1 rings (SSSR count). The van der Waals surface area contributed by atoms with Crippen LogP contribution in [-0.2, 0) is 9.47 Å². The highest BCUT2D eigenvalue weighted by Crippen LogP contribution is 2.20. The molecular formula is C11H11BrF3NO3. The maximum atomic E-state index is 11.7. The lowest BCUT2D eigenvalue weighted by Gasteiger charge is -2.08. The molecule has 0 aromatic heterocycles. The standard InChI is InChI=1S/C11H11BrF3NO3/c12-8-2-1-7(5-9(8)16)10(17)19-4-3-18-6-11(13,14)15/h1-2,5H,3-4,6,16H2. The van der Waals surface area contributed by atoms with E-state index < -0.39 is 18.8 Å². The second-order valence-corrected chi connectivity index (χ2v) is 4.39. The third-order valence-corrected chi connectivity index (χ3v) is 2.68. The zero-order valence-electron chi connectivity index (χ0n) is 9.67. The molecule has 19 heavy (non-hydrogen) atoms. The zero-order chi connectivity index (χ0) is 14.5. The van der Waals surface area contributed by atoms with Crippen LogP contribution in [0.5, 0.6) is 0 Å². The molecule has 0 spiro atoms. The van der Waals surface area contributed by atoms with Crippen LogP contribution in [0.2, 0.25) is 0 Å². The van der Waals surface area contributed by atoms with Crippen molar-refractivity contribution < 1.29 is 27.4 Å². The van der Waals surface area contributed by atoms with Crippen LogP contribution in [0.1, 0.15) is 10.4 Å². The number of hydrogen-bond acceptors (Lipinski definition) is 4. The van der Waals surface area contributed by atoms with Crippen molar-refractivity contribution in [3.63, 3.8) is 0 Å². The van der Waals surface area contributed by atoms with Crippen molar-refractivity contribution in [2.24, 2.45) is 0 Å². The summed E-state index contributed by atoms with van der Waals surface area (Å²) >= 11 is 3.17. The number of nitrogen functional groups attached to an aromatic ring is 1. The van der Waals surface area contributed by atoms with Gasteiger partial charge in [-0.2, -0.15) is 13.2 Å². The first-order valence-electron chi connectivity index (χ1n) is 5.16. The summed E-state index contributed by atoms with van der Waals surface area (Å²) in [4.78, 5) is 11.5. The Morgan fingerprint density at radius 2 is 2.00 bits per heavy atom. The molecule has 0 aliphatic heterocycles. The molecule has 1 aromatic carbocycles. The lowest BCUT2D eigenvalue weighted by atomic mass is 10.2. The third kappa shape index (κ3) is 5.93. The van der Waals surface area contributed by atoms with Crippen molar-refractivity contribution in [1.29, 1.82) is 0 Å². The molecule has 1 aromatic rings. The van der Waals surface area contributed by atoms with Crippen molar-refractivity contribution in [1.82, 2.24) is 0 Å². The quantitative estimate of drug-likeness (QED) is 0.508. The minimum absolute atomic E-state index is 0.219. The van der Waals surface area contributed by atoms with Gasteiger partial charge in [-0.15, -0.1) is 0 Å². The van der Waals surface area contributed by atoms with Gasteiger partial charge in [0.25, 0.3) is 0 Å². The van der Waals surface area contributed by atoms with Crippen LogP contribution in [0.4, 0.5) is 18.9 Å². The monoisotopic (exact) mass is 341 g/mol. The van der Waals surface area contributed by atoms with Crippen molar-refractivity contribution in [3.05, 3.63) is 28.2 Å². The molecule has 8 heteroatoms. The number of esters is 1. The number of anilines is 1. The lowest BCUT2D eigenvalue weighted by Crippen LogP contribution is -2.19. The number of alkyl halides is 3. The van der Waals surface area contributed by atoms with E-state index in [9.17, 15) is 18.0 Å². The normalized spacial score (nSPS) is 11.4. The van der Waals surface area contributed by atoms with Crippen LogP contribution in [0, 0.1) is 0 Å². The molecule has 0 radical (unpaired) electrons.